The third kappa shape index (κ3) is 1.69. The molecule has 1 fully saturated rings. The SMILES string of the molecule is Cc1ccc(C(C)N2CC(N)C2=O)cc1F. The van der Waals surface area contributed by atoms with Crippen LogP contribution in [-0.2, 0) is 4.79 Å². The Labute approximate surface area is 94.0 Å². The molecule has 2 N–H and O–H groups in total. The Kier molecular flexibility index (Phi) is 2.68. The average molecular weight is 222 g/mol. The lowest BCUT2D eigenvalue weighted by Crippen LogP contribution is -2.61. The zero-order valence-electron chi connectivity index (χ0n) is 9.40. The molecule has 0 aliphatic carbocycles. The van der Waals surface area contributed by atoms with Gasteiger partial charge >= 0.3 is 0 Å². The van der Waals surface area contributed by atoms with Gasteiger partial charge in [-0.2, -0.15) is 0 Å². The lowest BCUT2D eigenvalue weighted by molar-refractivity contribution is -0.145. The molecule has 0 bridgehead atoms. The average Bonchev–Trinajstić information content (AvgIpc) is 2.28. The fourth-order valence-corrected chi connectivity index (χ4v) is 1.88. The molecular weight excluding hydrogens is 207 g/mol. The molecule has 1 aliphatic rings. The molecule has 4 heteroatoms. The zero-order chi connectivity index (χ0) is 11.9. The number of carbonyl (C=O) groups excluding carboxylic acids is 1. The van der Waals surface area contributed by atoms with Crippen LogP contribution in [0.1, 0.15) is 24.1 Å². The van der Waals surface area contributed by atoms with E-state index in [1.807, 2.05) is 13.0 Å². The van der Waals surface area contributed by atoms with Crippen LogP contribution in [0.3, 0.4) is 0 Å². The van der Waals surface area contributed by atoms with E-state index in [0.29, 0.717) is 12.1 Å². The van der Waals surface area contributed by atoms with Gasteiger partial charge in [-0.05, 0) is 31.0 Å². The van der Waals surface area contributed by atoms with Crippen molar-refractivity contribution in [1.29, 1.82) is 0 Å². The molecule has 3 nitrogen and oxygen atoms in total. The number of benzene rings is 1. The number of hydrogen-bond donors (Lipinski definition) is 1. The predicted molar refractivity (Wildman–Crippen MR) is 59.2 cm³/mol. The zero-order valence-corrected chi connectivity index (χ0v) is 9.40. The monoisotopic (exact) mass is 222 g/mol. The third-order valence-corrected chi connectivity index (χ3v) is 3.14. The van der Waals surface area contributed by atoms with Crippen LogP contribution in [0.25, 0.3) is 0 Å². The summed E-state index contributed by atoms with van der Waals surface area (Å²) < 4.78 is 13.4. The van der Waals surface area contributed by atoms with E-state index in [0.717, 1.165) is 5.56 Å². The van der Waals surface area contributed by atoms with E-state index in [9.17, 15) is 9.18 Å². The van der Waals surface area contributed by atoms with Crippen molar-refractivity contribution in [2.24, 2.45) is 5.73 Å². The Morgan fingerprint density at radius 2 is 2.25 bits per heavy atom. The molecule has 2 atom stereocenters. The molecule has 86 valence electrons. The molecular formula is C12H15FN2O. The summed E-state index contributed by atoms with van der Waals surface area (Å²) in [7, 11) is 0. The van der Waals surface area contributed by atoms with Crippen LogP contribution in [-0.4, -0.2) is 23.4 Å². The molecule has 0 spiro atoms. The number of rotatable bonds is 2. The van der Waals surface area contributed by atoms with Gasteiger partial charge in [0, 0.05) is 6.54 Å². The minimum absolute atomic E-state index is 0.0616. The largest absolute Gasteiger partial charge is 0.332 e. The Bertz CT molecular complexity index is 433. The van der Waals surface area contributed by atoms with Gasteiger partial charge in [0.25, 0.3) is 0 Å². The van der Waals surface area contributed by atoms with Crippen molar-refractivity contribution in [1.82, 2.24) is 4.90 Å². The van der Waals surface area contributed by atoms with E-state index < -0.39 is 0 Å². The number of nitrogens with zero attached hydrogens (tertiary/aromatic N) is 1. The van der Waals surface area contributed by atoms with E-state index in [1.54, 1.807) is 17.9 Å². The van der Waals surface area contributed by atoms with Gasteiger partial charge in [0.15, 0.2) is 0 Å². The number of likely N-dealkylation sites (tertiary alicyclic amines) is 1. The van der Waals surface area contributed by atoms with Gasteiger partial charge in [0.1, 0.15) is 11.9 Å². The molecule has 1 aromatic carbocycles. The Morgan fingerprint density at radius 3 is 2.75 bits per heavy atom. The summed E-state index contributed by atoms with van der Waals surface area (Å²) in [4.78, 5) is 13.1. The highest BCUT2D eigenvalue weighted by Crippen LogP contribution is 2.26. The van der Waals surface area contributed by atoms with Crippen LogP contribution in [0.15, 0.2) is 18.2 Å². The van der Waals surface area contributed by atoms with Gasteiger partial charge in [-0.3, -0.25) is 4.79 Å². The highest BCUT2D eigenvalue weighted by molar-refractivity contribution is 5.88. The minimum Gasteiger partial charge on any atom is -0.332 e. The minimum atomic E-state index is -0.377. The maximum Gasteiger partial charge on any atom is 0.241 e. The van der Waals surface area contributed by atoms with Crippen LogP contribution >= 0.6 is 0 Å². The summed E-state index contributed by atoms with van der Waals surface area (Å²) in [6.07, 6.45) is 0. The van der Waals surface area contributed by atoms with Crippen molar-refractivity contribution >= 4 is 5.91 Å². The van der Waals surface area contributed by atoms with Crippen molar-refractivity contribution in [2.45, 2.75) is 25.9 Å². The molecule has 2 unspecified atom stereocenters. The van der Waals surface area contributed by atoms with Gasteiger partial charge in [0.2, 0.25) is 5.91 Å². The van der Waals surface area contributed by atoms with E-state index in [4.69, 9.17) is 5.73 Å². The fourth-order valence-electron chi connectivity index (χ4n) is 1.88. The van der Waals surface area contributed by atoms with Crippen molar-refractivity contribution in [3.05, 3.63) is 35.1 Å². The summed E-state index contributed by atoms with van der Waals surface area (Å²) in [5.41, 5.74) is 6.94. The van der Waals surface area contributed by atoms with Crippen LogP contribution in [0, 0.1) is 12.7 Å². The number of β-lactam (4-membered cyclic amide) rings is 1. The van der Waals surface area contributed by atoms with Crippen molar-refractivity contribution in [3.63, 3.8) is 0 Å². The van der Waals surface area contributed by atoms with E-state index in [2.05, 4.69) is 0 Å². The lowest BCUT2D eigenvalue weighted by atomic mass is 9.99. The van der Waals surface area contributed by atoms with Crippen molar-refractivity contribution in [3.8, 4) is 0 Å². The van der Waals surface area contributed by atoms with Crippen LogP contribution in [0.2, 0.25) is 0 Å². The third-order valence-electron chi connectivity index (χ3n) is 3.14. The molecule has 1 aromatic rings. The highest BCUT2D eigenvalue weighted by Gasteiger charge is 2.37. The molecule has 1 amide bonds. The second-order valence-corrected chi connectivity index (χ2v) is 4.28. The van der Waals surface area contributed by atoms with Gasteiger partial charge in [-0.1, -0.05) is 12.1 Å². The van der Waals surface area contributed by atoms with Gasteiger partial charge in [0.05, 0.1) is 6.04 Å². The number of hydrogen-bond acceptors (Lipinski definition) is 2. The first-order valence-electron chi connectivity index (χ1n) is 5.33. The molecule has 0 aromatic heterocycles. The molecule has 0 saturated carbocycles. The van der Waals surface area contributed by atoms with Crippen LogP contribution < -0.4 is 5.73 Å². The number of halogens is 1. The number of aryl methyl sites for hydroxylation is 1. The van der Waals surface area contributed by atoms with Crippen molar-refractivity contribution < 1.29 is 9.18 Å². The normalized spacial score (nSPS) is 21.9. The summed E-state index contributed by atoms with van der Waals surface area (Å²) >= 11 is 0. The lowest BCUT2D eigenvalue weighted by Gasteiger charge is -2.40. The maximum absolute atomic E-state index is 13.4. The predicted octanol–water partition coefficient (Wildman–Crippen LogP) is 1.36. The Morgan fingerprint density at radius 1 is 1.56 bits per heavy atom. The van der Waals surface area contributed by atoms with E-state index >= 15 is 0 Å². The number of carbonyl (C=O) groups is 1. The summed E-state index contributed by atoms with van der Waals surface area (Å²) in [6.45, 7) is 4.15. The first-order valence-corrected chi connectivity index (χ1v) is 5.33. The van der Waals surface area contributed by atoms with Gasteiger partial charge in [-0.25, -0.2) is 4.39 Å². The first kappa shape index (κ1) is 11.1. The molecule has 0 radical (unpaired) electrons. The fraction of sp³-hybridized carbons (Fsp3) is 0.417. The molecule has 1 aliphatic heterocycles. The van der Waals surface area contributed by atoms with Crippen LogP contribution in [0.5, 0.6) is 0 Å². The molecule has 16 heavy (non-hydrogen) atoms. The van der Waals surface area contributed by atoms with Crippen LogP contribution in [0.4, 0.5) is 4.39 Å². The van der Waals surface area contributed by atoms with E-state index in [1.165, 1.54) is 6.07 Å². The smallest absolute Gasteiger partial charge is 0.241 e. The second kappa shape index (κ2) is 3.87. The molecule has 2 rings (SSSR count). The summed E-state index contributed by atoms with van der Waals surface area (Å²) in [6, 6.07) is 4.57. The number of nitrogens with two attached hydrogens (primary N) is 1. The Hall–Kier alpha value is -1.42. The topological polar surface area (TPSA) is 46.3 Å². The summed E-state index contributed by atoms with van der Waals surface area (Å²) in [5, 5.41) is 0. The van der Waals surface area contributed by atoms with Gasteiger partial charge < -0.3 is 10.6 Å². The number of amides is 1. The van der Waals surface area contributed by atoms with E-state index in [-0.39, 0.29) is 23.8 Å². The molecule has 1 saturated heterocycles. The Balaban J connectivity index is 2.18. The second-order valence-electron chi connectivity index (χ2n) is 4.28. The standard InChI is InChI=1S/C12H15FN2O/c1-7-3-4-9(5-10(7)13)8(2)15-6-11(14)12(15)16/h3-5,8,11H,6,14H2,1-2H3. The molecule has 1 heterocycles. The van der Waals surface area contributed by atoms with Gasteiger partial charge in [-0.15, -0.1) is 0 Å². The maximum atomic E-state index is 13.4. The van der Waals surface area contributed by atoms with Crippen molar-refractivity contribution in [2.75, 3.05) is 6.54 Å². The first-order chi connectivity index (χ1) is 7.50. The highest BCUT2D eigenvalue weighted by atomic mass is 19.1. The quantitative estimate of drug-likeness (QED) is 0.768. The summed E-state index contributed by atoms with van der Waals surface area (Å²) in [5.74, 6) is -0.296.